The van der Waals surface area contributed by atoms with Gasteiger partial charge in [-0.3, -0.25) is 4.79 Å². The van der Waals surface area contributed by atoms with Gasteiger partial charge in [-0.1, -0.05) is 0 Å². The molecule has 2 aromatic rings. The molecule has 1 aliphatic heterocycles. The van der Waals surface area contributed by atoms with E-state index in [1.807, 2.05) is 30.9 Å². The topological polar surface area (TPSA) is 78.5 Å². The predicted octanol–water partition coefficient (Wildman–Crippen LogP) is 2.07. The minimum Gasteiger partial charge on any atom is -0.497 e. The molecule has 3 rings (SSSR count). The van der Waals surface area contributed by atoms with Crippen molar-refractivity contribution in [2.75, 3.05) is 31.6 Å². The monoisotopic (exact) mass is 384 g/mol. The quantitative estimate of drug-likeness (QED) is 0.854. The molecule has 1 unspecified atom stereocenters. The van der Waals surface area contributed by atoms with Crippen molar-refractivity contribution < 1.29 is 9.53 Å². The molecule has 0 aliphatic carbocycles. The molecule has 0 saturated carbocycles. The summed E-state index contributed by atoms with van der Waals surface area (Å²) >= 11 is 0. The maximum absolute atomic E-state index is 12.8. The third-order valence-electron chi connectivity index (χ3n) is 5.43. The van der Waals surface area contributed by atoms with Gasteiger partial charge in [-0.15, -0.1) is 0 Å². The van der Waals surface area contributed by atoms with E-state index in [0.717, 1.165) is 35.8 Å². The van der Waals surface area contributed by atoms with Crippen molar-refractivity contribution in [1.29, 1.82) is 0 Å². The first-order valence-electron chi connectivity index (χ1n) is 9.64. The van der Waals surface area contributed by atoms with Crippen LogP contribution in [-0.4, -0.2) is 53.6 Å². The molecule has 1 fully saturated rings. The lowest BCUT2D eigenvalue weighted by Gasteiger charge is -2.41. The van der Waals surface area contributed by atoms with Gasteiger partial charge in [-0.05, 0) is 57.0 Å². The van der Waals surface area contributed by atoms with Crippen molar-refractivity contribution in [3.63, 3.8) is 0 Å². The number of piperazine rings is 1. The third-order valence-corrected chi connectivity index (χ3v) is 5.43. The summed E-state index contributed by atoms with van der Waals surface area (Å²) in [6.45, 7) is 8.07. The molecule has 7 heteroatoms. The minimum absolute atomic E-state index is 0.138. The van der Waals surface area contributed by atoms with Gasteiger partial charge in [-0.25, -0.2) is 4.79 Å². The van der Waals surface area contributed by atoms with Crippen molar-refractivity contribution in [3.8, 4) is 5.75 Å². The zero-order valence-corrected chi connectivity index (χ0v) is 17.0. The Hall–Kier alpha value is -2.83. The number of aromatic amines is 1. The standard InChI is InChI=1S/C21H28N4O3/c1-14-13-24(17-5-7-18(28-4)8-6-17)11-12-25(14)20(26)10-9-19-15(2)22-21(27)23-16(19)3/h5-8,14H,9-13H2,1-4H3,(H,22,23,27). The minimum atomic E-state index is -0.339. The van der Waals surface area contributed by atoms with E-state index in [4.69, 9.17) is 4.74 Å². The van der Waals surface area contributed by atoms with Crippen LogP contribution in [0.1, 0.15) is 30.3 Å². The number of nitrogens with zero attached hydrogens (tertiary/aromatic N) is 3. The molecule has 28 heavy (non-hydrogen) atoms. The van der Waals surface area contributed by atoms with Crippen molar-refractivity contribution >= 4 is 11.6 Å². The highest BCUT2D eigenvalue weighted by Crippen LogP contribution is 2.23. The van der Waals surface area contributed by atoms with Crippen molar-refractivity contribution in [1.82, 2.24) is 14.9 Å². The largest absolute Gasteiger partial charge is 0.497 e. The smallest absolute Gasteiger partial charge is 0.345 e. The summed E-state index contributed by atoms with van der Waals surface area (Å²) in [4.78, 5) is 35.1. The van der Waals surface area contributed by atoms with E-state index in [2.05, 4.69) is 33.9 Å². The number of carbonyl (C=O) groups excluding carboxylic acids is 1. The molecule has 1 aromatic carbocycles. The maximum Gasteiger partial charge on any atom is 0.345 e. The fraction of sp³-hybridized carbons (Fsp3) is 0.476. The molecule has 1 aromatic heterocycles. The van der Waals surface area contributed by atoms with Gasteiger partial charge in [0.2, 0.25) is 5.91 Å². The van der Waals surface area contributed by atoms with E-state index in [0.29, 0.717) is 25.1 Å². The second-order valence-electron chi connectivity index (χ2n) is 7.31. The summed E-state index contributed by atoms with van der Waals surface area (Å²) in [5, 5.41) is 0. The Labute approximate surface area is 165 Å². The molecule has 2 heterocycles. The van der Waals surface area contributed by atoms with E-state index < -0.39 is 0 Å². The summed E-state index contributed by atoms with van der Waals surface area (Å²) in [7, 11) is 1.66. The Morgan fingerprint density at radius 2 is 1.96 bits per heavy atom. The number of nitrogens with one attached hydrogen (secondary N) is 1. The number of aryl methyl sites for hydroxylation is 2. The first kappa shape index (κ1) is 19.9. The lowest BCUT2D eigenvalue weighted by Crippen LogP contribution is -2.54. The van der Waals surface area contributed by atoms with Crippen LogP contribution in [-0.2, 0) is 11.2 Å². The van der Waals surface area contributed by atoms with Gasteiger partial charge in [0.15, 0.2) is 0 Å². The summed E-state index contributed by atoms with van der Waals surface area (Å²) < 4.78 is 5.22. The highest BCUT2D eigenvalue weighted by Gasteiger charge is 2.27. The van der Waals surface area contributed by atoms with E-state index >= 15 is 0 Å². The highest BCUT2D eigenvalue weighted by molar-refractivity contribution is 5.77. The van der Waals surface area contributed by atoms with Crippen LogP contribution in [0, 0.1) is 13.8 Å². The van der Waals surface area contributed by atoms with E-state index in [-0.39, 0.29) is 17.6 Å². The van der Waals surface area contributed by atoms with Gasteiger partial charge in [0.25, 0.3) is 0 Å². The summed E-state index contributed by atoms with van der Waals surface area (Å²) in [6.07, 6.45) is 1.01. The second-order valence-corrected chi connectivity index (χ2v) is 7.31. The number of hydrogen-bond donors (Lipinski definition) is 1. The van der Waals surface area contributed by atoms with Crippen LogP contribution in [0.2, 0.25) is 0 Å². The average molecular weight is 384 g/mol. The van der Waals surface area contributed by atoms with Crippen LogP contribution >= 0.6 is 0 Å². The van der Waals surface area contributed by atoms with Gasteiger partial charge in [0, 0.05) is 49.2 Å². The molecule has 1 N–H and O–H groups in total. The SMILES string of the molecule is COc1ccc(N2CCN(C(=O)CCc3c(C)nc(=O)[nH]c3C)C(C)C2)cc1. The molecule has 0 spiro atoms. The Morgan fingerprint density at radius 1 is 1.25 bits per heavy atom. The van der Waals surface area contributed by atoms with Gasteiger partial charge >= 0.3 is 5.69 Å². The number of benzene rings is 1. The number of amides is 1. The normalized spacial score (nSPS) is 16.9. The Balaban J connectivity index is 1.59. The number of carbonyl (C=O) groups is 1. The molecule has 1 atom stereocenters. The number of ether oxygens (including phenoxy) is 1. The van der Waals surface area contributed by atoms with E-state index in [1.54, 1.807) is 7.11 Å². The summed E-state index contributed by atoms with van der Waals surface area (Å²) in [6, 6.07) is 8.16. The predicted molar refractivity (Wildman–Crippen MR) is 109 cm³/mol. The lowest BCUT2D eigenvalue weighted by atomic mass is 10.0. The number of aromatic nitrogens is 2. The van der Waals surface area contributed by atoms with Gasteiger partial charge in [-0.2, -0.15) is 4.98 Å². The van der Waals surface area contributed by atoms with Gasteiger partial charge < -0.3 is 19.5 Å². The van der Waals surface area contributed by atoms with Gasteiger partial charge in [0.05, 0.1) is 7.11 Å². The molecule has 1 aliphatic rings. The molecule has 0 bridgehead atoms. The summed E-state index contributed by atoms with van der Waals surface area (Å²) in [5.41, 5.74) is 3.25. The Morgan fingerprint density at radius 3 is 2.57 bits per heavy atom. The van der Waals surface area contributed by atoms with Crippen LogP contribution in [0.5, 0.6) is 5.75 Å². The van der Waals surface area contributed by atoms with Gasteiger partial charge in [0.1, 0.15) is 5.75 Å². The second kappa shape index (κ2) is 8.46. The van der Waals surface area contributed by atoms with Crippen LogP contribution < -0.4 is 15.3 Å². The average Bonchev–Trinajstić information content (AvgIpc) is 2.67. The molecule has 1 saturated heterocycles. The van der Waals surface area contributed by atoms with E-state index in [1.165, 1.54) is 0 Å². The molecular weight excluding hydrogens is 356 g/mol. The third kappa shape index (κ3) is 4.35. The van der Waals surface area contributed by atoms with Crippen molar-refractivity contribution in [3.05, 3.63) is 51.7 Å². The molecular formula is C21H28N4O3. The van der Waals surface area contributed by atoms with E-state index in [9.17, 15) is 9.59 Å². The fourth-order valence-corrected chi connectivity index (χ4v) is 3.85. The molecule has 7 nitrogen and oxygen atoms in total. The lowest BCUT2D eigenvalue weighted by molar-refractivity contribution is -0.133. The fourth-order valence-electron chi connectivity index (χ4n) is 3.85. The summed E-state index contributed by atoms with van der Waals surface area (Å²) in [5.74, 6) is 0.986. The van der Waals surface area contributed by atoms with Crippen molar-refractivity contribution in [2.45, 2.75) is 39.7 Å². The van der Waals surface area contributed by atoms with Crippen LogP contribution in [0.3, 0.4) is 0 Å². The van der Waals surface area contributed by atoms with Crippen LogP contribution in [0.4, 0.5) is 5.69 Å². The first-order valence-corrected chi connectivity index (χ1v) is 9.64. The number of methoxy groups -OCH3 is 1. The molecule has 0 radical (unpaired) electrons. The maximum atomic E-state index is 12.8. The number of rotatable bonds is 5. The van der Waals surface area contributed by atoms with Crippen molar-refractivity contribution in [2.24, 2.45) is 0 Å². The Bertz CT molecular complexity index is 865. The molecule has 1 amide bonds. The first-order chi connectivity index (χ1) is 13.4. The molecule has 150 valence electrons. The number of H-pyrrole nitrogens is 1. The number of hydrogen-bond acceptors (Lipinski definition) is 5. The zero-order chi connectivity index (χ0) is 20.3. The van der Waals surface area contributed by atoms with Crippen LogP contribution in [0.15, 0.2) is 29.1 Å². The highest BCUT2D eigenvalue weighted by atomic mass is 16.5. The Kier molecular flexibility index (Phi) is 6.02. The zero-order valence-electron chi connectivity index (χ0n) is 17.0. The van der Waals surface area contributed by atoms with Crippen LogP contribution in [0.25, 0.3) is 0 Å². The number of anilines is 1.